The van der Waals surface area contributed by atoms with Gasteiger partial charge in [-0.15, -0.1) is 0 Å². The van der Waals surface area contributed by atoms with Gasteiger partial charge in [0.1, 0.15) is 12.3 Å². The highest BCUT2D eigenvalue weighted by Crippen LogP contribution is 2.31. The number of nitrogens with one attached hydrogen (secondary N) is 1. The lowest BCUT2D eigenvalue weighted by molar-refractivity contribution is -0.135. The summed E-state index contributed by atoms with van der Waals surface area (Å²) in [6.45, 7) is 3.54. The fourth-order valence-corrected chi connectivity index (χ4v) is 4.14. The quantitative estimate of drug-likeness (QED) is 0.581. The van der Waals surface area contributed by atoms with Crippen LogP contribution in [0.2, 0.25) is 5.02 Å². The highest BCUT2D eigenvalue weighted by atomic mass is 35.5. The summed E-state index contributed by atoms with van der Waals surface area (Å²) in [5, 5.41) is 11.5. The van der Waals surface area contributed by atoms with Gasteiger partial charge in [-0.25, -0.2) is 9.78 Å². The average Bonchev–Trinajstić information content (AvgIpc) is 3.18. The van der Waals surface area contributed by atoms with E-state index in [9.17, 15) is 14.4 Å². The van der Waals surface area contributed by atoms with Gasteiger partial charge in [-0.2, -0.15) is 0 Å². The second-order valence-electron chi connectivity index (χ2n) is 8.04. The van der Waals surface area contributed by atoms with Crippen LogP contribution in [-0.2, 0) is 11.3 Å². The van der Waals surface area contributed by atoms with Gasteiger partial charge in [0, 0.05) is 30.4 Å². The summed E-state index contributed by atoms with van der Waals surface area (Å²) in [5.41, 5.74) is 2.38. The second kappa shape index (κ2) is 9.56. The van der Waals surface area contributed by atoms with Gasteiger partial charge in [0.2, 0.25) is 5.89 Å². The zero-order valence-electron chi connectivity index (χ0n) is 18.6. The molecular weight excluding hydrogens is 460 g/mol. The molecule has 10 heteroatoms. The summed E-state index contributed by atoms with van der Waals surface area (Å²) >= 11 is 6.51. The number of urea groups is 1. The fourth-order valence-electron chi connectivity index (χ4n) is 3.88. The van der Waals surface area contributed by atoms with Gasteiger partial charge >= 0.3 is 12.0 Å². The Morgan fingerprint density at radius 2 is 2.00 bits per heavy atom. The molecule has 3 amide bonds. The number of hydrogen-bond donors (Lipinski definition) is 2. The number of carbonyl (C=O) groups excluding carboxylic acids is 2. The van der Waals surface area contributed by atoms with Crippen molar-refractivity contribution in [2.75, 3.05) is 18.0 Å². The number of nitrogens with zero attached hydrogens (tertiary/aromatic N) is 3. The van der Waals surface area contributed by atoms with E-state index < -0.39 is 24.6 Å². The Kier molecular flexibility index (Phi) is 6.56. The van der Waals surface area contributed by atoms with Crippen LogP contribution < -0.4 is 10.2 Å². The molecule has 34 heavy (non-hydrogen) atoms. The minimum atomic E-state index is -1.13. The minimum Gasteiger partial charge on any atom is -0.480 e. The summed E-state index contributed by atoms with van der Waals surface area (Å²) in [4.78, 5) is 44.5. The van der Waals surface area contributed by atoms with E-state index in [1.165, 1.54) is 4.90 Å². The number of aliphatic carboxylic acids is 1. The van der Waals surface area contributed by atoms with Crippen LogP contribution >= 0.6 is 11.6 Å². The zero-order valence-corrected chi connectivity index (χ0v) is 19.4. The Bertz CT molecular complexity index is 1260. The van der Waals surface area contributed by atoms with Crippen molar-refractivity contribution in [3.63, 3.8) is 0 Å². The molecule has 0 saturated heterocycles. The van der Waals surface area contributed by atoms with Gasteiger partial charge in [0.15, 0.2) is 0 Å². The van der Waals surface area contributed by atoms with Crippen molar-refractivity contribution < 1.29 is 23.9 Å². The van der Waals surface area contributed by atoms with E-state index >= 15 is 0 Å². The molecule has 176 valence electrons. The van der Waals surface area contributed by atoms with E-state index in [-0.39, 0.29) is 24.0 Å². The second-order valence-corrected chi connectivity index (χ2v) is 8.45. The lowest BCUT2D eigenvalue weighted by Crippen LogP contribution is -2.49. The van der Waals surface area contributed by atoms with Crippen molar-refractivity contribution >= 4 is 35.2 Å². The van der Waals surface area contributed by atoms with Crippen LogP contribution in [0, 0.1) is 6.92 Å². The van der Waals surface area contributed by atoms with Crippen LogP contribution in [0.5, 0.6) is 0 Å². The number of anilines is 1. The molecule has 2 aromatic carbocycles. The molecule has 2 heterocycles. The molecular formula is C24H23ClN4O5. The maximum Gasteiger partial charge on any atom is 0.323 e. The molecule has 0 spiro atoms. The van der Waals surface area contributed by atoms with Gasteiger partial charge in [-0.3, -0.25) is 9.59 Å². The first-order valence-corrected chi connectivity index (χ1v) is 11.0. The molecule has 0 bridgehead atoms. The largest absolute Gasteiger partial charge is 0.480 e. The van der Waals surface area contributed by atoms with E-state index in [1.54, 1.807) is 36.2 Å². The number of rotatable bonds is 4. The Labute approximate surface area is 200 Å². The third-order valence-corrected chi connectivity index (χ3v) is 5.88. The lowest BCUT2D eigenvalue weighted by Gasteiger charge is -2.29. The summed E-state index contributed by atoms with van der Waals surface area (Å²) in [7, 11) is 0. The molecule has 4 rings (SSSR count). The van der Waals surface area contributed by atoms with E-state index in [1.807, 2.05) is 31.2 Å². The van der Waals surface area contributed by atoms with Gasteiger partial charge in [-0.1, -0.05) is 29.8 Å². The summed E-state index contributed by atoms with van der Waals surface area (Å²) in [6, 6.07) is 11.4. The first-order chi connectivity index (χ1) is 16.2. The van der Waals surface area contributed by atoms with Crippen molar-refractivity contribution in [1.29, 1.82) is 0 Å². The zero-order chi connectivity index (χ0) is 24.4. The van der Waals surface area contributed by atoms with Gasteiger partial charge in [0.05, 0.1) is 16.8 Å². The van der Waals surface area contributed by atoms with Crippen LogP contribution in [0.25, 0.3) is 11.5 Å². The standard InChI is InChI=1S/C24H23ClN4O5/c1-14-12-29(20-6-4-3-5-17(20)13-28(14)24(33)27-11-21(30)31)23(32)18-8-7-16(9-19(18)25)22-26-10-15(2)34-22/h3-10,14H,11-13H2,1-2H3,(H,27,33)(H,30,31)/t14-/m1/s1. The summed E-state index contributed by atoms with van der Waals surface area (Å²) in [6.07, 6.45) is 1.61. The topological polar surface area (TPSA) is 116 Å². The number of carbonyl (C=O) groups is 3. The molecule has 1 aliphatic rings. The molecule has 1 atom stereocenters. The van der Waals surface area contributed by atoms with Crippen molar-refractivity contribution in [2.45, 2.75) is 26.4 Å². The number of halogens is 1. The number of carboxylic acids is 1. The van der Waals surface area contributed by atoms with Crippen LogP contribution in [-0.4, -0.2) is 52.0 Å². The van der Waals surface area contributed by atoms with Crippen LogP contribution in [0.4, 0.5) is 10.5 Å². The SMILES string of the molecule is Cc1cnc(-c2ccc(C(=O)N3C[C@@H](C)N(C(=O)NCC(=O)O)Cc4ccccc43)c(Cl)c2)o1. The maximum atomic E-state index is 13.6. The number of hydrogen-bond acceptors (Lipinski definition) is 5. The van der Waals surface area contributed by atoms with Gasteiger partial charge in [0.25, 0.3) is 5.91 Å². The third kappa shape index (κ3) is 4.74. The first-order valence-electron chi connectivity index (χ1n) is 10.6. The van der Waals surface area contributed by atoms with Crippen molar-refractivity contribution in [1.82, 2.24) is 15.2 Å². The molecule has 0 radical (unpaired) electrons. The molecule has 9 nitrogen and oxygen atoms in total. The Hall–Kier alpha value is -3.85. The van der Waals surface area contributed by atoms with Crippen molar-refractivity contribution in [3.8, 4) is 11.5 Å². The molecule has 0 unspecified atom stereocenters. The summed E-state index contributed by atoms with van der Waals surface area (Å²) < 4.78 is 5.54. The number of oxazole rings is 1. The number of amides is 3. The number of carboxylic acid groups (broad SMARTS) is 1. The summed E-state index contributed by atoms with van der Waals surface area (Å²) in [5.74, 6) is -0.369. The van der Waals surface area contributed by atoms with Crippen LogP contribution in [0.3, 0.4) is 0 Å². The van der Waals surface area contributed by atoms with Crippen molar-refractivity contribution in [3.05, 3.63) is 70.6 Å². The molecule has 0 aliphatic carbocycles. The van der Waals surface area contributed by atoms with Crippen LogP contribution in [0.1, 0.15) is 28.6 Å². The highest BCUT2D eigenvalue weighted by Gasteiger charge is 2.32. The normalized spacial score (nSPS) is 15.4. The van der Waals surface area contributed by atoms with Crippen molar-refractivity contribution in [2.24, 2.45) is 0 Å². The predicted molar refractivity (Wildman–Crippen MR) is 126 cm³/mol. The maximum absolute atomic E-state index is 13.6. The molecule has 1 aliphatic heterocycles. The molecule has 1 aromatic heterocycles. The van der Waals surface area contributed by atoms with Gasteiger partial charge in [-0.05, 0) is 43.7 Å². The third-order valence-electron chi connectivity index (χ3n) is 5.57. The molecule has 2 N–H and O–H groups in total. The minimum absolute atomic E-state index is 0.202. The number of fused-ring (bicyclic) bond motifs is 1. The van der Waals surface area contributed by atoms with E-state index in [2.05, 4.69) is 10.3 Å². The van der Waals surface area contributed by atoms with Crippen LogP contribution in [0.15, 0.2) is 53.1 Å². The fraction of sp³-hybridized carbons (Fsp3) is 0.250. The van der Waals surface area contributed by atoms with E-state index in [0.717, 1.165) is 5.56 Å². The van der Waals surface area contributed by atoms with E-state index in [0.29, 0.717) is 28.5 Å². The number of aromatic nitrogens is 1. The first kappa shape index (κ1) is 23.3. The number of para-hydroxylation sites is 1. The molecule has 0 saturated carbocycles. The number of aryl methyl sites for hydroxylation is 1. The Morgan fingerprint density at radius 1 is 1.24 bits per heavy atom. The molecule has 3 aromatic rings. The predicted octanol–water partition coefficient (Wildman–Crippen LogP) is 3.95. The monoisotopic (exact) mass is 482 g/mol. The smallest absolute Gasteiger partial charge is 0.323 e. The highest BCUT2D eigenvalue weighted by molar-refractivity contribution is 6.34. The average molecular weight is 483 g/mol. The lowest BCUT2D eigenvalue weighted by atomic mass is 10.1. The Morgan fingerprint density at radius 3 is 2.68 bits per heavy atom. The van der Waals surface area contributed by atoms with E-state index in [4.69, 9.17) is 21.1 Å². The number of benzene rings is 2. The Balaban J connectivity index is 1.64. The molecule has 0 fully saturated rings. The van der Waals surface area contributed by atoms with Gasteiger partial charge < -0.3 is 24.6 Å².